The second kappa shape index (κ2) is 4.11. The molecule has 1 rings (SSSR count). The monoisotopic (exact) mass is 213 g/mol. The van der Waals surface area contributed by atoms with Gasteiger partial charge in [-0.1, -0.05) is 18.2 Å². The molecule has 1 heterocycles. The summed E-state index contributed by atoms with van der Waals surface area (Å²) in [6.45, 7) is 3.40. The Kier molecular flexibility index (Phi) is 3.09. The molecule has 1 aromatic rings. The summed E-state index contributed by atoms with van der Waals surface area (Å²) >= 11 is 5.61. The van der Waals surface area contributed by atoms with Crippen LogP contribution < -0.4 is 4.74 Å². The van der Waals surface area contributed by atoms with E-state index in [2.05, 4.69) is 11.6 Å². The van der Waals surface area contributed by atoms with Crippen molar-refractivity contribution in [2.45, 2.75) is 0 Å². The molecule has 0 unspecified atom stereocenters. The summed E-state index contributed by atoms with van der Waals surface area (Å²) in [7, 11) is 1.39. The number of ether oxygens (including phenoxy) is 1. The van der Waals surface area contributed by atoms with E-state index in [1.807, 2.05) is 0 Å². The van der Waals surface area contributed by atoms with Gasteiger partial charge in [0.05, 0.1) is 18.2 Å². The average Bonchev–Trinajstić information content (AvgIpc) is 2.16. The minimum atomic E-state index is -1.12. The molecule has 0 aromatic carbocycles. The maximum absolute atomic E-state index is 10.6. The third-order valence-corrected chi connectivity index (χ3v) is 1.81. The van der Waals surface area contributed by atoms with Gasteiger partial charge in [-0.2, -0.15) is 0 Å². The van der Waals surface area contributed by atoms with Crippen molar-refractivity contribution < 1.29 is 14.6 Å². The van der Waals surface area contributed by atoms with E-state index in [4.69, 9.17) is 21.4 Å². The number of halogens is 1. The van der Waals surface area contributed by atoms with Gasteiger partial charge in [0.15, 0.2) is 0 Å². The zero-order chi connectivity index (χ0) is 10.7. The van der Waals surface area contributed by atoms with Crippen LogP contribution in [0, 0.1) is 0 Å². The van der Waals surface area contributed by atoms with Crippen molar-refractivity contribution in [1.82, 2.24) is 4.98 Å². The summed E-state index contributed by atoms with van der Waals surface area (Å²) < 4.78 is 4.88. The van der Waals surface area contributed by atoms with Crippen molar-refractivity contribution in [3.05, 3.63) is 29.4 Å². The fourth-order valence-corrected chi connectivity index (χ4v) is 1.06. The molecule has 4 nitrogen and oxygen atoms in total. The van der Waals surface area contributed by atoms with E-state index < -0.39 is 5.97 Å². The van der Waals surface area contributed by atoms with Crippen LogP contribution >= 0.6 is 11.6 Å². The molecule has 74 valence electrons. The average molecular weight is 214 g/mol. The summed E-state index contributed by atoms with van der Waals surface area (Å²) in [4.78, 5) is 14.5. The minimum absolute atomic E-state index is 0.0778. The van der Waals surface area contributed by atoms with Gasteiger partial charge < -0.3 is 9.84 Å². The second-order valence-electron chi connectivity index (χ2n) is 2.47. The molecule has 14 heavy (non-hydrogen) atoms. The largest absolute Gasteiger partial charge is 0.481 e. The summed E-state index contributed by atoms with van der Waals surface area (Å²) in [5.41, 5.74) is 0.246. The van der Waals surface area contributed by atoms with E-state index in [0.717, 1.165) is 0 Å². The normalized spacial score (nSPS) is 9.57. The van der Waals surface area contributed by atoms with E-state index in [1.54, 1.807) is 0 Å². The molecule has 0 saturated carbocycles. The highest BCUT2D eigenvalue weighted by Gasteiger charge is 2.14. The molecule has 5 heteroatoms. The molecule has 0 aliphatic rings. The number of hydrogen-bond acceptors (Lipinski definition) is 3. The van der Waals surface area contributed by atoms with Gasteiger partial charge in [-0.05, 0) is 12.1 Å². The SMILES string of the molecule is C=C(C(=O)O)c1ccc(Cl)nc1OC. The van der Waals surface area contributed by atoms with Crippen LogP contribution in [-0.2, 0) is 4.79 Å². The van der Waals surface area contributed by atoms with Crippen LogP contribution in [0.5, 0.6) is 5.88 Å². The Hall–Kier alpha value is -1.55. The fraction of sp³-hybridized carbons (Fsp3) is 0.111. The number of nitrogens with zero attached hydrogens (tertiary/aromatic N) is 1. The Bertz CT molecular complexity index is 390. The molecule has 0 aliphatic carbocycles. The molecule has 0 spiro atoms. The number of carbonyl (C=O) groups is 1. The van der Waals surface area contributed by atoms with E-state index in [1.165, 1.54) is 19.2 Å². The number of carboxylic acid groups (broad SMARTS) is 1. The number of rotatable bonds is 3. The van der Waals surface area contributed by atoms with E-state index >= 15 is 0 Å². The lowest BCUT2D eigenvalue weighted by molar-refractivity contribution is -0.130. The van der Waals surface area contributed by atoms with E-state index in [0.29, 0.717) is 5.56 Å². The summed E-state index contributed by atoms with van der Waals surface area (Å²) in [5, 5.41) is 8.95. The predicted molar refractivity (Wildman–Crippen MR) is 52.5 cm³/mol. The van der Waals surface area contributed by atoms with Gasteiger partial charge in [0.1, 0.15) is 5.15 Å². The minimum Gasteiger partial charge on any atom is -0.481 e. The standard InChI is InChI=1S/C9H8ClNO3/c1-5(9(12)13)6-3-4-7(10)11-8(6)14-2/h3-4H,1H2,2H3,(H,12,13). The molecule has 0 fully saturated rings. The Morgan fingerprint density at radius 3 is 2.79 bits per heavy atom. The van der Waals surface area contributed by atoms with Crippen LogP contribution in [-0.4, -0.2) is 23.2 Å². The van der Waals surface area contributed by atoms with Gasteiger partial charge in [0.2, 0.25) is 5.88 Å². The zero-order valence-electron chi connectivity index (χ0n) is 7.45. The maximum atomic E-state index is 10.6. The predicted octanol–water partition coefficient (Wildman–Crippen LogP) is 1.84. The highest BCUT2D eigenvalue weighted by Crippen LogP contribution is 2.24. The van der Waals surface area contributed by atoms with E-state index in [9.17, 15) is 4.79 Å². The molecule has 1 N–H and O–H groups in total. The van der Waals surface area contributed by atoms with Crippen molar-refractivity contribution in [2.24, 2.45) is 0 Å². The molecule has 0 amide bonds. The molecule has 0 atom stereocenters. The Morgan fingerprint density at radius 2 is 2.29 bits per heavy atom. The highest BCUT2D eigenvalue weighted by atomic mass is 35.5. The lowest BCUT2D eigenvalue weighted by atomic mass is 10.1. The smallest absolute Gasteiger partial charge is 0.335 e. The van der Waals surface area contributed by atoms with Gasteiger partial charge >= 0.3 is 5.97 Å². The second-order valence-corrected chi connectivity index (χ2v) is 2.86. The number of methoxy groups -OCH3 is 1. The Labute approximate surface area is 85.8 Å². The topological polar surface area (TPSA) is 59.4 Å². The van der Waals surface area contributed by atoms with Crippen LogP contribution in [0.2, 0.25) is 5.15 Å². The molecular formula is C9H8ClNO3. The number of hydrogen-bond donors (Lipinski definition) is 1. The third-order valence-electron chi connectivity index (χ3n) is 1.60. The molecule has 0 saturated heterocycles. The molecule has 1 aromatic heterocycles. The number of aliphatic carboxylic acids is 1. The highest BCUT2D eigenvalue weighted by molar-refractivity contribution is 6.29. The first-order valence-corrected chi connectivity index (χ1v) is 4.07. The molecule has 0 radical (unpaired) electrons. The van der Waals surface area contributed by atoms with Crippen molar-refractivity contribution in [3.8, 4) is 5.88 Å². The van der Waals surface area contributed by atoms with Crippen LogP contribution in [0.4, 0.5) is 0 Å². The number of pyridine rings is 1. The molecule has 0 aliphatic heterocycles. The lowest BCUT2D eigenvalue weighted by Crippen LogP contribution is -2.01. The van der Waals surface area contributed by atoms with Crippen molar-refractivity contribution in [2.75, 3.05) is 7.11 Å². The van der Waals surface area contributed by atoms with Crippen LogP contribution in [0.15, 0.2) is 18.7 Å². The van der Waals surface area contributed by atoms with Gasteiger partial charge in [-0.15, -0.1) is 0 Å². The first-order chi connectivity index (χ1) is 6.56. The van der Waals surface area contributed by atoms with Crippen molar-refractivity contribution in [3.63, 3.8) is 0 Å². The Morgan fingerprint density at radius 1 is 1.64 bits per heavy atom. The zero-order valence-corrected chi connectivity index (χ0v) is 8.21. The third kappa shape index (κ3) is 2.03. The van der Waals surface area contributed by atoms with Gasteiger partial charge in [0.25, 0.3) is 0 Å². The molecular weight excluding hydrogens is 206 g/mol. The number of aromatic nitrogens is 1. The molecule has 0 bridgehead atoms. The van der Waals surface area contributed by atoms with Gasteiger partial charge in [-0.25, -0.2) is 9.78 Å². The summed E-state index contributed by atoms with van der Waals surface area (Å²) in [6, 6.07) is 2.98. The van der Waals surface area contributed by atoms with Crippen LogP contribution in [0.25, 0.3) is 5.57 Å². The first-order valence-electron chi connectivity index (χ1n) is 3.69. The summed E-state index contributed by atoms with van der Waals surface area (Å²) in [5.74, 6) is -0.961. The van der Waals surface area contributed by atoms with Gasteiger partial charge in [-0.3, -0.25) is 0 Å². The van der Waals surface area contributed by atoms with Crippen LogP contribution in [0.3, 0.4) is 0 Å². The lowest BCUT2D eigenvalue weighted by Gasteiger charge is -2.06. The first kappa shape index (κ1) is 10.5. The number of carboxylic acids is 1. The van der Waals surface area contributed by atoms with Crippen LogP contribution in [0.1, 0.15) is 5.56 Å². The van der Waals surface area contributed by atoms with E-state index in [-0.39, 0.29) is 16.6 Å². The quantitative estimate of drug-likeness (QED) is 0.615. The Balaban J connectivity index is 3.20. The fourth-order valence-electron chi connectivity index (χ4n) is 0.918. The van der Waals surface area contributed by atoms with Crippen molar-refractivity contribution in [1.29, 1.82) is 0 Å². The van der Waals surface area contributed by atoms with Gasteiger partial charge in [0, 0.05) is 0 Å². The van der Waals surface area contributed by atoms with Crippen molar-refractivity contribution >= 4 is 23.1 Å². The summed E-state index contributed by atoms with van der Waals surface area (Å²) in [6.07, 6.45) is 0. The maximum Gasteiger partial charge on any atom is 0.335 e.